The summed E-state index contributed by atoms with van der Waals surface area (Å²) in [6, 6.07) is 6.47. The number of fused-ring (bicyclic) bond motifs is 1. The first kappa shape index (κ1) is 20.4. The lowest BCUT2D eigenvalue weighted by Gasteiger charge is -2.13. The normalized spacial score (nSPS) is 13.5. The van der Waals surface area contributed by atoms with Crippen molar-refractivity contribution in [1.29, 1.82) is 0 Å². The molecule has 0 aliphatic carbocycles. The minimum Gasteiger partial charge on any atom is -0.356 e. The Labute approximate surface area is 152 Å². The number of hydrogen-bond acceptors (Lipinski definition) is 4. The molecular weight excluding hydrogens is 367 g/mol. The maximum absolute atomic E-state index is 12.1. The van der Waals surface area contributed by atoms with Crippen molar-refractivity contribution in [2.24, 2.45) is 0 Å². The lowest BCUT2D eigenvalue weighted by Crippen LogP contribution is -2.38. The van der Waals surface area contributed by atoms with Crippen LogP contribution >= 0.6 is 0 Å². The Morgan fingerprint density at radius 2 is 1.48 bits per heavy atom. The summed E-state index contributed by atoms with van der Waals surface area (Å²) in [5.74, 6) is -3.16. The third-order valence-corrected chi connectivity index (χ3v) is 3.88. The number of hydrogen-bond donors (Lipinski definition) is 2. The van der Waals surface area contributed by atoms with Crippen LogP contribution < -0.4 is 10.6 Å². The van der Waals surface area contributed by atoms with Crippen LogP contribution in [0.3, 0.4) is 0 Å². The van der Waals surface area contributed by atoms with Gasteiger partial charge in [-0.2, -0.15) is 13.2 Å². The van der Waals surface area contributed by atoms with Gasteiger partial charge in [-0.05, 0) is 25.0 Å². The molecule has 10 heteroatoms. The van der Waals surface area contributed by atoms with Crippen LogP contribution in [-0.4, -0.2) is 54.3 Å². The number of imide groups is 1. The maximum atomic E-state index is 12.1. The molecule has 0 saturated heterocycles. The zero-order valence-corrected chi connectivity index (χ0v) is 14.3. The van der Waals surface area contributed by atoms with E-state index in [9.17, 15) is 32.3 Å². The average molecular weight is 385 g/mol. The second kappa shape index (κ2) is 8.65. The molecule has 1 aromatic carbocycles. The van der Waals surface area contributed by atoms with Gasteiger partial charge in [0.15, 0.2) is 0 Å². The Bertz CT molecular complexity index is 714. The van der Waals surface area contributed by atoms with Gasteiger partial charge in [-0.25, -0.2) is 0 Å². The Morgan fingerprint density at radius 3 is 2.04 bits per heavy atom. The number of carbonyl (C=O) groups is 4. The first-order valence-corrected chi connectivity index (χ1v) is 8.28. The molecule has 0 radical (unpaired) electrons. The van der Waals surface area contributed by atoms with E-state index in [0.29, 0.717) is 11.1 Å². The van der Waals surface area contributed by atoms with E-state index in [1.54, 1.807) is 29.6 Å². The van der Waals surface area contributed by atoms with Gasteiger partial charge in [-0.1, -0.05) is 12.1 Å². The smallest absolute Gasteiger partial charge is 0.356 e. The van der Waals surface area contributed by atoms with Crippen LogP contribution in [0, 0.1) is 0 Å². The monoisotopic (exact) mass is 385 g/mol. The molecule has 146 valence electrons. The van der Waals surface area contributed by atoms with E-state index in [0.717, 1.165) is 4.90 Å². The highest BCUT2D eigenvalue weighted by atomic mass is 19.4. The summed E-state index contributed by atoms with van der Waals surface area (Å²) in [5.41, 5.74) is 0.681. The summed E-state index contributed by atoms with van der Waals surface area (Å²) < 4.78 is 35.9. The molecule has 4 amide bonds. The largest absolute Gasteiger partial charge is 0.471 e. The number of nitrogens with one attached hydrogen (secondary N) is 2. The van der Waals surface area contributed by atoms with E-state index in [-0.39, 0.29) is 44.8 Å². The average Bonchev–Trinajstić information content (AvgIpc) is 2.85. The molecule has 0 atom stereocenters. The quantitative estimate of drug-likeness (QED) is 0.520. The minimum atomic E-state index is -4.92. The summed E-state index contributed by atoms with van der Waals surface area (Å²) in [4.78, 5) is 47.6. The van der Waals surface area contributed by atoms with E-state index in [2.05, 4.69) is 5.32 Å². The second-order valence-electron chi connectivity index (χ2n) is 5.87. The molecule has 1 aliphatic heterocycles. The van der Waals surface area contributed by atoms with Crippen molar-refractivity contribution in [3.63, 3.8) is 0 Å². The van der Waals surface area contributed by atoms with Crippen LogP contribution in [-0.2, 0) is 9.59 Å². The minimum absolute atomic E-state index is 0.0579. The third kappa shape index (κ3) is 5.28. The predicted octanol–water partition coefficient (Wildman–Crippen LogP) is 1.25. The molecule has 1 heterocycles. The van der Waals surface area contributed by atoms with E-state index < -0.39 is 23.9 Å². The highest BCUT2D eigenvalue weighted by Crippen LogP contribution is 2.22. The summed E-state index contributed by atoms with van der Waals surface area (Å²) in [7, 11) is 0. The summed E-state index contributed by atoms with van der Waals surface area (Å²) in [5, 5.41) is 4.20. The van der Waals surface area contributed by atoms with Crippen LogP contribution in [0.5, 0.6) is 0 Å². The third-order valence-electron chi connectivity index (χ3n) is 3.88. The van der Waals surface area contributed by atoms with Gasteiger partial charge in [-0.15, -0.1) is 0 Å². The molecular formula is C17H18F3N3O4. The summed E-state index contributed by atoms with van der Waals surface area (Å²) >= 11 is 0. The van der Waals surface area contributed by atoms with Crippen molar-refractivity contribution >= 4 is 23.6 Å². The predicted molar refractivity (Wildman–Crippen MR) is 87.7 cm³/mol. The number of alkyl halides is 3. The van der Waals surface area contributed by atoms with Gasteiger partial charge in [0, 0.05) is 26.1 Å². The molecule has 0 spiro atoms. The number of amides is 4. The van der Waals surface area contributed by atoms with Crippen molar-refractivity contribution in [1.82, 2.24) is 15.5 Å². The fourth-order valence-electron chi connectivity index (χ4n) is 2.55. The van der Waals surface area contributed by atoms with Crippen molar-refractivity contribution in [2.75, 3.05) is 19.6 Å². The first-order chi connectivity index (χ1) is 12.7. The number of carbonyl (C=O) groups excluding carboxylic acids is 4. The Kier molecular flexibility index (Phi) is 6.54. The molecule has 0 bridgehead atoms. The van der Waals surface area contributed by atoms with Crippen LogP contribution in [0.15, 0.2) is 24.3 Å². The SMILES string of the molecule is O=C(CCCN1C(=O)c2ccccc2C1=O)NCCCNC(=O)C(F)(F)F. The van der Waals surface area contributed by atoms with Gasteiger partial charge in [0.1, 0.15) is 0 Å². The van der Waals surface area contributed by atoms with Gasteiger partial charge in [0.25, 0.3) is 11.8 Å². The van der Waals surface area contributed by atoms with Crippen molar-refractivity contribution in [3.05, 3.63) is 35.4 Å². The van der Waals surface area contributed by atoms with Gasteiger partial charge < -0.3 is 10.6 Å². The lowest BCUT2D eigenvalue weighted by atomic mass is 10.1. The first-order valence-electron chi connectivity index (χ1n) is 8.28. The van der Waals surface area contributed by atoms with Gasteiger partial charge in [0.2, 0.25) is 5.91 Å². The number of nitrogens with zero attached hydrogens (tertiary/aromatic N) is 1. The molecule has 7 nitrogen and oxygen atoms in total. The fraction of sp³-hybridized carbons (Fsp3) is 0.412. The highest BCUT2D eigenvalue weighted by molar-refractivity contribution is 6.21. The van der Waals surface area contributed by atoms with E-state index in [4.69, 9.17) is 0 Å². The molecule has 0 fully saturated rings. The van der Waals surface area contributed by atoms with E-state index in [1.165, 1.54) is 0 Å². The maximum Gasteiger partial charge on any atom is 0.471 e. The lowest BCUT2D eigenvalue weighted by molar-refractivity contribution is -0.173. The zero-order chi connectivity index (χ0) is 20.0. The van der Waals surface area contributed by atoms with Crippen LogP contribution in [0.25, 0.3) is 0 Å². The molecule has 1 aromatic rings. The molecule has 2 N–H and O–H groups in total. The number of rotatable bonds is 8. The molecule has 0 aromatic heterocycles. The van der Waals surface area contributed by atoms with Crippen molar-refractivity contribution < 1.29 is 32.3 Å². The molecule has 2 rings (SSSR count). The topological polar surface area (TPSA) is 95.6 Å². The Hall–Kier alpha value is -2.91. The zero-order valence-electron chi connectivity index (χ0n) is 14.3. The molecule has 0 unspecified atom stereocenters. The van der Waals surface area contributed by atoms with Crippen LogP contribution in [0.4, 0.5) is 13.2 Å². The number of halogens is 3. The van der Waals surface area contributed by atoms with Crippen LogP contribution in [0.2, 0.25) is 0 Å². The van der Waals surface area contributed by atoms with Crippen LogP contribution in [0.1, 0.15) is 40.0 Å². The van der Waals surface area contributed by atoms with E-state index in [1.807, 2.05) is 0 Å². The Balaban J connectivity index is 1.63. The molecule has 0 saturated carbocycles. The standard InChI is InChI=1S/C17H18F3N3O4/c18-17(19,20)16(27)22-9-4-8-21-13(24)7-3-10-23-14(25)11-5-1-2-6-12(11)15(23)26/h1-2,5-6H,3-4,7-10H2,(H,21,24)(H,22,27). The second-order valence-corrected chi connectivity index (χ2v) is 5.87. The van der Waals surface area contributed by atoms with Crippen molar-refractivity contribution in [3.8, 4) is 0 Å². The highest BCUT2D eigenvalue weighted by Gasteiger charge is 2.38. The van der Waals surface area contributed by atoms with Crippen molar-refractivity contribution in [2.45, 2.75) is 25.4 Å². The van der Waals surface area contributed by atoms with Gasteiger partial charge in [-0.3, -0.25) is 24.1 Å². The van der Waals surface area contributed by atoms with E-state index >= 15 is 0 Å². The van der Waals surface area contributed by atoms with Gasteiger partial charge >= 0.3 is 12.1 Å². The van der Waals surface area contributed by atoms with Gasteiger partial charge in [0.05, 0.1) is 11.1 Å². The molecule has 1 aliphatic rings. The molecule has 27 heavy (non-hydrogen) atoms. The Morgan fingerprint density at radius 1 is 0.926 bits per heavy atom. The summed E-state index contributed by atoms with van der Waals surface area (Å²) in [6.07, 6.45) is -4.45. The number of benzene rings is 1. The summed E-state index contributed by atoms with van der Waals surface area (Å²) in [6.45, 7) is -0.0148. The fourth-order valence-corrected chi connectivity index (χ4v) is 2.55.